The average molecular weight is 240 g/mol. The van der Waals surface area contributed by atoms with Crippen LogP contribution in [0.5, 0.6) is 0 Å². The van der Waals surface area contributed by atoms with Gasteiger partial charge in [0.2, 0.25) is 5.91 Å². The molecule has 98 valence electrons. The van der Waals surface area contributed by atoms with E-state index in [2.05, 4.69) is 23.8 Å². The summed E-state index contributed by atoms with van der Waals surface area (Å²) < 4.78 is 5.39. The lowest BCUT2D eigenvalue weighted by Crippen LogP contribution is -2.38. The second kappa shape index (κ2) is 7.45. The van der Waals surface area contributed by atoms with Crippen LogP contribution in [0.2, 0.25) is 0 Å². The minimum absolute atomic E-state index is 0.0105. The van der Waals surface area contributed by atoms with Crippen molar-refractivity contribution in [1.29, 1.82) is 0 Å². The lowest BCUT2D eigenvalue weighted by molar-refractivity contribution is -0.131. The van der Waals surface area contributed by atoms with Crippen LogP contribution in [0.15, 0.2) is 12.7 Å². The van der Waals surface area contributed by atoms with Crippen LogP contribution in [0, 0.1) is 5.92 Å². The molecular formula is C13H24N2O2. The van der Waals surface area contributed by atoms with E-state index in [4.69, 9.17) is 4.74 Å². The zero-order valence-corrected chi connectivity index (χ0v) is 10.9. The molecule has 0 spiro atoms. The number of rotatable bonds is 7. The Morgan fingerprint density at radius 2 is 2.47 bits per heavy atom. The molecule has 0 aliphatic carbocycles. The SMILES string of the molecule is C=CCCO[C@@H](C)C(=O)NC[C@H]1CCN(C)C1. The number of carbonyl (C=O) groups excluding carboxylic acids is 1. The highest BCUT2D eigenvalue weighted by Gasteiger charge is 2.21. The summed E-state index contributed by atoms with van der Waals surface area (Å²) in [5.41, 5.74) is 0. The summed E-state index contributed by atoms with van der Waals surface area (Å²) in [4.78, 5) is 14.0. The lowest BCUT2D eigenvalue weighted by Gasteiger charge is -2.15. The highest BCUT2D eigenvalue weighted by Crippen LogP contribution is 2.12. The van der Waals surface area contributed by atoms with Crippen LogP contribution in [-0.4, -0.2) is 50.2 Å². The fourth-order valence-electron chi connectivity index (χ4n) is 1.99. The summed E-state index contributed by atoms with van der Waals surface area (Å²) in [6, 6.07) is 0. The number of carbonyl (C=O) groups is 1. The Labute approximate surface area is 104 Å². The maximum Gasteiger partial charge on any atom is 0.248 e. The van der Waals surface area contributed by atoms with E-state index in [-0.39, 0.29) is 12.0 Å². The maximum atomic E-state index is 11.7. The molecule has 1 heterocycles. The predicted octanol–water partition coefficient (Wildman–Crippen LogP) is 1.04. The van der Waals surface area contributed by atoms with Gasteiger partial charge in [-0.3, -0.25) is 4.79 Å². The number of hydrogen-bond acceptors (Lipinski definition) is 3. The summed E-state index contributed by atoms with van der Waals surface area (Å²) in [6.07, 6.45) is 3.38. The molecule has 0 aromatic carbocycles. The highest BCUT2D eigenvalue weighted by molar-refractivity contribution is 5.80. The van der Waals surface area contributed by atoms with Crippen molar-refractivity contribution in [3.63, 3.8) is 0 Å². The first kappa shape index (κ1) is 14.2. The first-order valence-electron chi connectivity index (χ1n) is 6.32. The van der Waals surface area contributed by atoms with Crippen molar-refractivity contribution in [3.8, 4) is 0 Å². The Morgan fingerprint density at radius 1 is 1.71 bits per heavy atom. The van der Waals surface area contributed by atoms with Crippen molar-refractivity contribution in [3.05, 3.63) is 12.7 Å². The van der Waals surface area contributed by atoms with Crippen LogP contribution in [-0.2, 0) is 9.53 Å². The molecule has 1 aliphatic rings. The van der Waals surface area contributed by atoms with Gasteiger partial charge in [0, 0.05) is 13.1 Å². The molecule has 1 saturated heterocycles. The van der Waals surface area contributed by atoms with Crippen molar-refractivity contribution in [2.24, 2.45) is 5.92 Å². The number of ether oxygens (including phenoxy) is 1. The molecule has 0 radical (unpaired) electrons. The van der Waals surface area contributed by atoms with Crippen molar-refractivity contribution in [2.45, 2.75) is 25.9 Å². The molecule has 0 saturated carbocycles. The molecule has 4 nitrogen and oxygen atoms in total. The first-order valence-corrected chi connectivity index (χ1v) is 6.32. The quantitative estimate of drug-likeness (QED) is 0.534. The zero-order valence-electron chi connectivity index (χ0n) is 10.9. The molecule has 1 rings (SSSR count). The van der Waals surface area contributed by atoms with Gasteiger partial charge in [-0.25, -0.2) is 0 Å². The largest absolute Gasteiger partial charge is 0.368 e. The smallest absolute Gasteiger partial charge is 0.248 e. The van der Waals surface area contributed by atoms with E-state index < -0.39 is 0 Å². The van der Waals surface area contributed by atoms with Gasteiger partial charge in [-0.15, -0.1) is 6.58 Å². The molecule has 1 fully saturated rings. The zero-order chi connectivity index (χ0) is 12.7. The van der Waals surface area contributed by atoms with Crippen LogP contribution in [0.25, 0.3) is 0 Å². The van der Waals surface area contributed by atoms with Crippen LogP contribution >= 0.6 is 0 Å². The lowest BCUT2D eigenvalue weighted by atomic mass is 10.1. The standard InChI is InChI=1S/C13H24N2O2/c1-4-5-8-17-11(2)13(16)14-9-12-6-7-15(3)10-12/h4,11-12H,1,5-10H2,2-3H3,(H,14,16)/t11-,12+/m0/s1. The third-order valence-electron chi connectivity index (χ3n) is 3.11. The Balaban J connectivity index is 2.13. The predicted molar refractivity (Wildman–Crippen MR) is 68.8 cm³/mol. The Bertz CT molecular complexity index is 256. The van der Waals surface area contributed by atoms with Gasteiger partial charge < -0.3 is 15.0 Å². The molecule has 0 aromatic heterocycles. The topological polar surface area (TPSA) is 41.6 Å². The molecule has 17 heavy (non-hydrogen) atoms. The molecule has 0 aromatic rings. The molecular weight excluding hydrogens is 216 g/mol. The Hall–Kier alpha value is -0.870. The fraction of sp³-hybridized carbons (Fsp3) is 0.769. The van der Waals surface area contributed by atoms with Gasteiger partial charge in [-0.2, -0.15) is 0 Å². The van der Waals surface area contributed by atoms with Gasteiger partial charge in [-0.05, 0) is 39.3 Å². The first-order chi connectivity index (χ1) is 8.13. The minimum Gasteiger partial charge on any atom is -0.368 e. The molecule has 1 N–H and O–H groups in total. The third-order valence-corrected chi connectivity index (χ3v) is 3.11. The number of likely N-dealkylation sites (tertiary alicyclic amines) is 1. The Morgan fingerprint density at radius 3 is 3.06 bits per heavy atom. The number of nitrogens with one attached hydrogen (secondary N) is 1. The van der Waals surface area contributed by atoms with E-state index in [0.29, 0.717) is 12.5 Å². The second-order valence-electron chi connectivity index (χ2n) is 4.75. The second-order valence-corrected chi connectivity index (χ2v) is 4.75. The highest BCUT2D eigenvalue weighted by atomic mass is 16.5. The molecule has 4 heteroatoms. The van der Waals surface area contributed by atoms with Crippen molar-refractivity contribution >= 4 is 5.91 Å². The molecule has 2 atom stereocenters. The fourth-order valence-corrected chi connectivity index (χ4v) is 1.99. The van der Waals surface area contributed by atoms with E-state index in [1.54, 1.807) is 13.0 Å². The van der Waals surface area contributed by atoms with Gasteiger partial charge >= 0.3 is 0 Å². The van der Waals surface area contributed by atoms with Crippen LogP contribution < -0.4 is 5.32 Å². The average Bonchev–Trinajstić information content (AvgIpc) is 2.72. The number of amides is 1. The van der Waals surface area contributed by atoms with Crippen LogP contribution in [0.4, 0.5) is 0 Å². The molecule has 1 aliphatic heterocycles. The monoisotopic (exact) mass is 240 g/mol. The van der Waals surface area contributed by atoms with Gasteiger partial charge in [0.25, 0.3) is 0 Å². The van der Waals surface area contributed by atoms with Gasteiger partial charge in [0.1, 0.15) is 6.10 Å². The maximum absolute atomic E-state index is 11.7. The van der Waals surface area contributed by atoms with E-state index in [1.807, 2.05) is 0 Å². The van der Waals surface area contributed by atoms with E-state index in [0.717, 1.165) is 26.1 Å². The summed E-state index contributed by atoms with van der Waals surface area (Å²) in [6.45, 7) is 8.93. The summed E-state index contributed by atoms with van der Waals surface area (Å²) >= 11 is 0. The number of hydrogen-bond donors (Lipinski definition) is 1. The van der Waals surface area contributed by atoms with Crippen LogP contribution in [0.1, 0.15) is 19.8 Å². The summed E-state index contributed by atoms with van der Waals surface area (Å²) in [7, 11) is 2.11. The van der Waals surface area contributed by atoms with Crippen molar-refractivity contribution in [1.82, 2.24) is 10.2 Å². The van der Waals surface area contributed by atoms with Gasteiger partial charge in [0.05, 0.1) is 6.61 Å². The molecule has 0 bridgehead atoms. The van der Waals surface area contributed by atoms with Gasteiger partial charge in [0.15, 0.2) is 0 Å². The third kappa shape index (κ3) is 5.33. The molecule has 1 amide bonds. The molecule has 0 unspecified atom stereocenters. The van der Waals surface area contributed by atoms with E-state index >= 15 is 0 Å². The van der Waals surface area contributed by atoms with Gasteiger partial charge in [-0.1, -0.05) is 6.08 Å². The number of nitrogens with zero attached hydrogens (tertiary/aromatic N) is 1. The summed E-state index contributed by atoms with van der Waals surface area (Å²) in [5, 5.41) is 2.96. The van der Waals surface area contributed by atoms with E-state index in [9.17, 15) is 4.79 Å². The summed E-state index contributed by atoms with van der Waals surface area (Å²) in [5.74, 6) is 0.577. The normalized spacial score (nSPS) is 22.4. The van der Waals surface area contributed by atoms with E-state index in [1.165, 1.54) is 6.42 Å². The van der Waals surface area contributed by atoms with Crippen molar-refractivity contribution in [2.75, 3.05) is 33.3 Å². The van der Waals surface area contributed by atoms with Crippen molar-refractivity contribution < 1.29 is 9.53 Å². The minimum atomic E-state index is -0.367. The Kier molecular flexibility index (Phi) is 6.22. The van der Waals surface area contributed by atoms with Crippen LogP contribution in [0.3, 0.4) is 0 Å².